The van der Waals surface area contributed by atoms with Crippen LogP contribution in [0.4, 0.5) is 0 Å². The summed E-state index contributed by atoms with van der Waals surface area (Å²) in [6.45, 7) is 4.43. The first-order chi connectivity index (χ1) is 15.1. The van der Waals surface area contributed by atoms with E-state index in [9.17, 15) is 9.59 Å². The molecule has 1 unspecified atom stereocenters. The fourth-order valence-corrected chi connectivity index (χ4v) is 5.09. The number of ketones is 1. The molecule has 0 spiro atoms. The number of carbonyl (C=O) groups is 2. The molecule has 0 aliphatic heterocycles. The molecule has 4 nitrogen and oxygen atoms in total. The molecule has 0 aliphatic carbocycles. The van der Waals surface area contributed by atoms with Crippen molar-refractivity contribution < 1.29 is 14.7 Å². The van der Waals surface area contributed by atoms with Crippen molar-refractivity contribution in [3.8, 4) is 0 Å². The van der Waals surface area contributed by atoms with Gasteiger partial charge in [-0.05, 0) is 25.0 Å². The van der Waals surface area contributed by atoms with Gasteiger partial charge >= 0.3 is 5.97 Å². The van der Waals surface area contributed by atoms with Gasteiger partial charge in [0.15, 0.2) is 5.78 Å². The van der Waals surface area contributed by atoms with Crippen molar-refractivity contribution in [2.45, 2.75) is 129 Å². The van der Waals surface area contributed by atoms with Gasteiger partial charge in [-0.1, -0.05) is 117 Å². The van der Waals surface area contributed by atoms with Crippen LogP contribution in [0.25, 0.3) is 0 Å². The first kappa shape index (κ1) is 30.8. The molecule has 0 bridgehead atoms. The van der Waals surface area contributed by atoms with Crippen LogP contribution in [-0.2, 0) is 0 Å². The fraction of sp³-hybridized carbons (Fsp3) is 0.778. The Morgan fingerprint density at radius 3 is 1.53 bits per heavy atom. The van der Waals surface area contributed by atoms with E-state index in [0.717, 1.165) is 43.4 Å². The first-order valence-corrected chi connectivity index (χ1v) is 13.8. The van der Waals surface area contributed by atoms with E-state index >= 15 is 0 Å². The van der Waals surface area contributed by atoms with E-state index in [-0.39, 0.29) is 22.7 Å². The third-order valence-electron chi connectivity index (χ3n) is 6.24. The summed E-state index contributed by atoms with van der Waals surface area (Å²) in [5.41, 5.74) is 0. The molecule has 1 rings (SSSR count). The second kappa shape index (κ2) is 20.4. The van der Waals surface area contributed by atoms with Crippen molar-refractivity contribution in [3.63, 3.8) is 0 Å². The second-order valence-electron chi connectivity index (χ2n) is 9.06. The molecule has 4 N–H and O–H groups in total. The fourth-order valence-electron chi connectivity index (χ4n) is 4.23. The summed E-state index contributed by atoms with van der Waals surface area (Å²) in [6.07, 6.45) is 22.8. The summed E-state index contributed by atoms with van der Waals surface area (Å²) in [5.74, 6) is -0.737. The summed E-state index contributed by atoms with van der Waals surface area (Å²) in [6, 6.07) is 3.25. The smallest absolute Gasteiger partial charge is 0.345 e. The summed E-state index contributed by atoms with van der Waals surface area (Å²) in [4.78, 5) is 24.8. The van der Waals surface area contributed by atoms with Crippen molar-refractivity contribution in [2.24, 2.45) is 5.92 Å². The third kappa shape index (κ3) is 14.1. The number of carbonyl (C=O) groups excluding carboxylic acids is 1. The standard InChI is InChI=1S/C27H46O3S.H3N/c1-3-5-7-8-9-10-11-12-13-14-15-16-17-18-20-23(19-6-4-2)26(28)24-21-22-25(31-24)27(29)30;/h21-23H,3-20H2,1-2H3,(H,29,30);1H3. The van der Waals surface area contributed by atoms with Crippen LogP contribution >= 0.6 is 11.3 Å². The molecular weight excluding hydrogens is 418 g/mol. The Kier molecular flexibility index (Phi) is 19.6. The topological polar surface area (TPSA) is 89.4 Å². The molecule has 1 aromatic rings. The van der Waals surface area contributed by atoms with E-state index < -0.39 is 5.97 Å². The van der Waals surface area contributed by atoms with Gasteiger partial charge in [-0.25, -0.2) is 4.79 Å². The van der Waals surface area contributed by atoms with Crippen LogP contribution in [-0.4, -0.2) is 16.9 Å². The molecule has 0 amide bonds. The molecule has 186 valence electrons. The lowest BCUT2D eigenvalue weighted by Gasteiger charge is -2.14. The van der Waals surface area contributed by atoms with Gasteiger partial charge in [0, 0.05) is 5.92 Å². The molecule has 1 heterocycles. The lowest BCUT2D eigenvalue weighted by molar-refractivity contribution is 0.0702. The minimum atomic E-state index is -0.943. The molecular formula is C27H49NO3S. The van der Waals surface area contributed by atoms with Crippen LogP contribution in [0.5, 0.6) is 0 Å². The zero-order valence-corrected chi connectivity index (χ0v) is 21.7. The number of hydrogen-bond acceptors (Lipinski definition) is 4. The van der Waals surface area contributed by atoms with Crippen molar-refractivity contribution in [1.82, 2.24) is 6.15 Å². The average Bonchev–Trinajstić information content (AvgIpc) is 3.26. The summed E-state index contributed by atoms with van der Waals surface area (Å²) < 4.78 is 0. The van der Waals surface area contributed by atoms with E-state index in [0.29, 0.717) is 4.88 Å². The third-order valence-corrected chi connectivity index (χ3v) is 7.33. The number of carboxylic acid groups (broad SMARTS) is 1. The minimum absolute atomic E-state index is 0. The van der Waals surface area contributed by atoms with E-state index in [1.165, 1.54) is 83.5 Å². The molecule has 0 saturated carbocycles. The van der Waals surface area contributed by atoms with Gasteiger partial charge in [0.2, 0.25) is 0 Å². The summed E-state index contributed by atoms with van der Waals surface area (Å²) in [5, 5.41) is 9.10. The number of Topliss-reactive ketones (excluding diaryl/α,β-unsaturated/α-hetero) is 1. The predicted octanol–water partition coefficient (Wildman–Crippen LogP) is 9.47. The van der Waals surface area contributed by atoms with Gasteiger partial charge in [0.1, 0.15) is 4.88 Å². The molecule has 0 aromatic carbocycles. The molecule has 1 aromatic heterocycles. The van der Waals surface area contributed by atoms with Crippen molar-refractivity contribution >= 4 is 23.1 Å². The van der Waals surface area contributed by atoms with E-state index in [4.69, 9.17) is 5.11 Å². The Labute approximate surface area is 201 Å². The quantitative estimate of drug-likeness (QED) is 0.139. The Morgan fingerprint density at radius 1 is 0.688 bits per heavy atom. The van der Waals surface area contributed by atoms with Crippen molar-refractivity contribution in [2.75, 3.05) is 0 Å². The van der Waals surface area contributed by atoms with Crippen molar-refractivity contribution in [3.05, 3.63) is 21.9 Å². The van der Waals surface area contributed by atoms with E-state index in [2.05, 4.69) is 13.8 Å². The zero-order valence-electron chi connectivity index (χ0n) is 20.8. The highest BCUT2D eigenvalue weighted by Crippen LogP contribution is 2.26. The van der Waals surface area contributed by atoms with E-state index in [1.807, 2.05) is 0 Å². The maximum Gasteiger partial charge on any atom is 0.345 e. The molecule has 0 aliphatic rings. The van der Waals surface area contributed by atoms with Gasteiger partial charge in [0.25, 0.3) is 0 Å². The van der Waals surface area contributed by atoms with Gasteiger partial charge in [-0.3, -0.25) is 4.79 Å². The zero-order chi connectivity index (χ0) is 22.7. The lowest BCUT2D eigenvalue weighted by atomic mass is 9.90. The van der Waals surface area contributed by atoms with Gasteiger partial charge in [-0.15, -0.1) is 11.3 Å². The number of carboxylic acids is 1. The summed E-state index contributed by atoms with van der Waals surface area (Å²) >= 11 is 1.12. The number of rotatable bonds is 21. The Bertz CT molecular complexity index is 599. The first-order valence-electron chi connectivity index (χ1n) is 13.0. The number of hydrogen-bond donors (Lipinski definition) is 2. The lowest BCUT2D eigenvalue weighted by Crippen LogP contribution is -2.14. The van der Waals surface area contributed by atoms with Gasteiger partial charge in [-0.2, -0.15) is 0 Å². The highest BCUT2D eigenvalue weighted by Gasteiger charge is 2.22. The number of thiophene rings is 1. The Hall–Kier alpha value is -1.20. The van der Waals surface area contributed by atoms with Crippen LogP contribution in [0, 0.1) is 5.92 Å². The summed E-state index contributed by atoms with van der Waals surface area (Å²) in [7, 11) is 0. The van der Waals surface area contributed by atoms with Crippen LogP contribution in [0.2, 0.25) is 0 Å². The Morgan fingerprint density at radius 2 is 1.09 bits per heavy atom. The van der Waals surface area contributed by atoms with Gasteiger partial charge in [0.05, 0.1) is 4.88 Å². The monoisotopic (exact) mass is 467 g/mol. The molecule has 0 radical (unpaired) electrons. The minimum Gasteiger partial charge on any atom is -0.477 e. The second-order valence-corrected chi connectivity index (χ2v) is 10.1. The highest BCUT2D eigenvalue weighted by molar-refractivity contribution is 7.15. The maximum atomic E-state index is 12.9. The Balaban J connectivity index is 0.00000961. The molecule has 5 heteroatoms. The molecule has 32 heavy (non-hydrogen) atoms. The van der Waals surface area contributed by atoms with Crippen molar-refractivity contribution in [1.29, 1.82) is 0 Å². The number of aromatic carboxylic acids is 1. The molecule has 1 atom stereocenters. The maximum absolute atomic E-state index is 12.9. The van der Waals surface area contributed by atoms with Gasteiger partial charge < -0.3 is 11.3 Å². The SMILES string of the molecule is CCCCCCCCCCCCCCCCC(CCCC)C(=O)c1ccc(C(=O)O)s1.N. The normalized spacial score (nSPS) is 11.8. The van der Waals surface area contributed by atoms with Crippen LogP contribution in [0.3, 0.4) is 0 Å². The van der Waals surface area contributed by atoms with Crippen LogP contribution in [0.15, 0.2) is 12.1 Å². The molecule has 0 fully saturated rings. The average molecular weight is 468 g/mol. The van der Waals surface area contributed by atoms with Crippen LogP contribution < -0.4 is 6.15 Å². The van der Waals surface area contributed by atoms with Crippen LogP contribution in [0.1, 0.15) is 149 Å². The highest BCUT2D eigenvalue weighted by atomic mass is 32.1. The molecule has 0 saturated heterocycles. The largest absolute Gasteiger partial charge is 0.477 e. The number of unbranched alkanes of at least 4 members (excludes halogenated alkanes) is 14. The van der Waals surface area contributed by atoms with E-state index in [1.54, 1.807) is 12.1 Å². The predicted molar refractivity (Wildman–Crippen MR) is 139 cm³/mol.